The average molecular weight is 467 g/mol. The molecular formula is C24H36Cl2N4O. The molecule has 0 radical (unpaired) electrons. The first kappa shape index (κ1) is 23.0. The molecule has 1 saturated heterocycles. The van der Waals surface area contributed by atoms with Crippen LogP contribution in [-0.4, -0.2) is 68.2 Å². The highest BCUT2D eigenvalue weighted by Gasteiger charge is 2.39. The fourth-order valence-corrected chi connectivity index (χ4v) is 5.67. The highest BCUT2D eigenvalue weighted by molar-refractivity contribution is 6.43. The van der Waals surface area contributed by atoms with Gasteiger partial charge in [0.05, 0.1) is 15.7 Å². The average Bonchev–Trinajstić information content (AvgIpc) is 3.60. The van der Waals surface area contributed by atoms with E-state index in [0.717, 1.165) is 50.0 Å². The number of carbonyl (C=O) groups excluding carboxylic acids is 1. The van der Waals surface area contributed by atoms with E-state index in [1.54, 1.807) is 19.0 Å². The van der Waals surface area contributed by atoms with Crippen LogP contribution in [0.1, 0.15) is 44.9 Å². The first-order valence-corrected chi connectivity index (χ1v) is 12.6. The van der Waals surface area contributed by atoms with Gasteiger partial charge in [-0.05, 0) is 75.5 Å². The summed E-state index contributed by atoms with van der Waals surface area (Å²) < 4.78 is 0. The van der Waals surface area contributed by atoms with Crippen LogP contribution in [-0.2, 0) is 0 Å². The Hall–Kier alpha value is -1.17. The molecule has 3 fully saturated rings. The van der Waals surface area contributed by atoms with Crippen molar-refractivity contribution in [3.8, 4) is 0 Å². The van der Waals surface area contributed by atoms with Crippen molar-refractivity contribution >= 4 is 34.9 Å². The van der Waals surface area contributed by atoms with E-state index in [1.807, 2.05) is 12.1 Å². The minimum absolute atomic E-state index is 0.0356. The molecular weight excluding hydrogens is 431 g/mol. The van der Waals surface area contributed by atoms with Gasteiger partial charge in [-0.15, -0.1) is 0 Å². The third-order valence-corrected chi connectivity index (χ3v) is 8.19. The van der Waals surface area contributed by atoms with Crippen molar-refractivity contribution in [3.05, 3.63) is 28.2 Å². The summed E-state index contributed by atoms with van der Waals surface area (Å²) in [6.45, 7) is 4.34. The van der Waals surface area contributed by atoms with Crippen LogP contribution in [0.5, 0.6) is 0 Å². The van der Waals surface area contributed by atoms with Gasteiger partial charge in [-0.2, -0.15) is 0 Å². The molecule has 1 atom stereocenters. The molecule has 0 spiro atoms. The standard InChI is InChI=1S/C24H36Cl2N4O/c1-28(2)24(31)27-19-10-6-17(7-11-19)12-13-29-14-15-30(16-22(29)18-8-9-18)21-5-3-4-20(25)23(21)26/h3-5,17-19,22H,6-16H2,1-2H3,(H,27,31)/t17?,19?,22-/m0/s1. The molecule has 1 aromatic rings. The molecule has 1 aliphatic heterocycles. The lowest BCUT2D eigenvalue weighted by atomic mass is 9.84. The van der Waals surface area contributed by atoms with Crippen LogP contribution in [0.3, 0.4) is 0 Å². The number of benzene rings is 1. The van der Waals surface area contributed by atoms with E-state index >= 15 is 0 Å². The van der Waals surface area contributed by atoms with Gasteiger partial charge in [0.1, 0.15) is 0 Å². The zero-order valence-electron chi connectivity index (χ0n) is 18.8. The van der Waals surface area contributed by atoms with E-state index in [2.05, 4.69) is 21.2 Å². The van der Waals surface area contributed by atoms with Crippen LogP contribution < -0.4 is 10.2 Å². The Bertz CT molecular complexity index is 762. The number of nitrogens with one attached hydrogen (secondary N) is 1. The molecule has 1 heterocycles. The zero-order chi connectivity index (χ0) is 22.0. The van der Waals surface area contributed by atoms with Gasteiger partial charge in [-0.25, -0.2) is 4.79 Å². The lowest BCUT2D eigenvalue weighted by molar-refractivity contribution is 0.139. The summed E-state index contributed by atoms with van der Waals surface area (Å²) >= 11 is 12.8. The Labute approximate surface area is 197 Å². The number of urea groups is 1. The maximum atomic E-state index is 11.9. The summed E-state index contributed by atoms with van der Waals surface area (Å²) in [7, 11) is 3.61. The number of carbonyl (C=O) groups is 1. The van der Waals surface area contributed by atoms with Crippen molar-refractivity contribution in [2.24, 2.45) is 11.8 Å². The number of halogens is 2. The third-order valence-electron chi connectivity index (χ3n) is 7.38. The highest BCUT2D eigenvalue weighted by atomic mass is 35.5. The number of rotatable bonds is 6. The maximum Gasteiger partial charge on any atom is 0.317 e. The van der Waals surface area contributed by atoms with E-state index < -0.39 is 0 Å². The maximum absolute atomic E-state index is 11.9. The third kappa shape index (κ3) is 5.80. The molecule has 172 valence electrons. The van der Waals surface area contributed by atoms with Crippen LogP contribution in [0.25, 0.3) is 0 Å². The molecule has 2 amide bonds. The van der Waals surface area contributed by atoms with E-state index in [-0.39, 0.29) is 6.03 Å². The molecule has 0 unspecified atom stereocenters. The monoisotopic (exact) mass is 466 g/mol. The molecule has 4 rings (SSSR count). The van der Waals surface area contributed by atoms with Gasteiger partial charge >= 0.3 is 6.03 Å². The minimum Gasteiger partial charge on any atom is -0.367 e. The van der Waals surface area contributed by atoms with Crippen molar-refractivity contribution in [3.63, 3.8) is 0 Å². The second-order valence-electron chi connectivity index (χ2n) is 9.81. The molecule has 7 heteroatoms. The lowest BCUT2D eigenvalue weighted by Gasteiger charge is -2.44. The number of amides is 2. The topological polar surface area (TPSA) is 38.8 Å². The molecule has 1 N–H and O–H groups in total. The molecule has 0 bridgehead atoms. The Morgan fingerprint density at radius 1 is 1.10 bits per heavy atom. The van der Waals surface area contributed by atoms with Crippen molar-refractivity contribution in [1.82, 2.24) is 15.1 Å². The van der Waals surface area contributed by atoms with Gasteiger partial charge in [-0.1, -0.05) is 29.3 Å². The van der Waals surface area contributed by atoms with Crippen LogP contribution in [0.2, 0.25) is 10.0 Å². The molecule has 5 nitrogen and oxygen atoms in total. The molecule has 0 aromatic heterocycles. The van der Waals surface area contributed by atoms with Crippen molar-refractivity contribution < 1.29 is 4.79 Å². The fourth-order valence-electron chi connectivity index (χ4n) is 5.26. The smallest absolute Gasteiger partial charge is 0.317 e. The predicted molar refractivity (Wildman–Crippen MR) is 129 cm³/mol. The van der Waals surface area contributed by atoms with Crippen LogP contribution in [0.15, 0.2) is 18.2 Å². The molecule has 31 heavy (non-hydrogen) atoms. The summed E-state index contributed by atoms with van der Waals surface area (Å²) in [4.78, 5) is 18.7. The van der Waals surface area contributed by atoms with Gasteiger partial charge in [-0.3, -0.25) is 4.90 Å². The summed E-state index contributed by atoms with van der Waals surface area (Å²) in [6.07, 6.45) is 8.66. The van der Waals surface area contributed by atoms with Gasteiger partial charge < -0.3 is 15.1 Å². The normalized spacial score (nSPS) is 27.2. The molecule has 2 saturated carbocycles. The molecule has 2 aliphatic carbocycles. The Balaban J connectivity index is 1.27. The number of hydrogen-bond acceptors (Lipinski definition) is 3. The van der Waals surface area contributed by atoms with Crippen LogP contribution in [0.4, 0.5) is 10.5 Å². The summed E-state index contributed by atoms with van der Waals surface area (Å²) in [5, 5.41) is 4.48. The zero-order valence-corrected chi connectivity index (χ0v) is 20.3. The molecule has 1 aromatic carbocycles. The van der Waals surface area contributed by atoms with Crippen molar-refractivity contribution in [2.45, 2.75) is 57.0 Å². The van der Waals surface area contributed by atoms with Gasteiger partial charge in [0.2, 0.25) is 0 Å². The number of piperazine rings is 1. The number of nitrogens with zero attached hydrogens (tertiary/aromatic N) is 3. The van der Waals surface area contributed by atoms with E-state index in [0.29, 0.717) is 22.1 Å². The lowest BCUT2D eigenvalue weighted by Crippen LogP contribution is -2.54. The second kappa shape index (κ2) is 10.2. The minimum atomic E-state index is 0.0356. The number of hydrogen-bond donors (Lipinski definition) is 1. The Kier molecular flexibility index (Phi) is 7.56. The summed E-state index contributed by atoms with van der Waals surface area (Å²) in [5.74, 6) is 1.62. The molecule has 3 aliphatic rings. The van der Waals surface area contributed by atoms with Gasteiger partial charge in [0.25, 0.3) is 0 Å². The van der Waals surface area contributed by atoms with E-state index in [9.17, 15) is 4.79 Å². The summed E-state index contributed by atoms with van der Waals surface area (Å²) in [6, 6.07) is 6.97. The Morgan fingerprint density at radius 3 is 2.52 bits per heavy atom. The van der Waals surface area contributed by atoms with Crippen LogP contribution >= 0.6 is 23.2 Å². The van der Waals surface area contributed by atoms with Crippen molar-refractivity contribution in [1.29, 1.82) is 0 Å². The quantitative estimate of drug-likeness (QED) is 0.632. The van der Waals surface area contributed by atoms with Crippen LogP contribution in [0, 0.1) is 11.8 Å². The first-order chi connectivity index (χ1) is 14.9. The second-order valence-corrected chi connectivity index (χ2v) is 10.6. The summed E-state index contributed by atoms with van der Waals surface area (Å²) in [5.41, 5.74) is 1.08. The largest absolute Gasteiger partial charge is 0.367 e. The van der Waals surface area contributed by atoms with Gasteiger partial charge in [0, 0.05) is 45.8 Å². The highest BCUT2D eigenvalue weighted by Crippen LogP contribution is 2.40. The predicted octanol–water partition coefficient (Wildman–Crippen LogP) is 5.11. The fraction of sp³-hybridized carbons (Fsp3) is 0.708. The Morgan fingerprint density at radius 2 is 1.84 bits per heavy atom. The van der Waals surface area contributed by atoms with E-state index in [1.165, 1.54) is 38.6 Å². The SMILES string of the molecule is CN(C)C(=O)NC1CCC(CCN2CCN(c3cccc(Cl)c3Cl)C[C@H]2C2CC2)CC1. The van der Waals surface area contributed by atoms with Crippen molar-refractivity contribution in [2.75, 3.05) is 45.2 Å². The first-order valence-electron chi connectivity index (χ1n) is 11.8. The number of anilines is 1. The van der Waals surface area contributed by atoms with Gasteiger partial charge in [0.15, 0.2) is 0 Å². The van der Waals surface area contributed by atoms with E-state index in [4.69, 9.17) is 23.2 Å².